The summed E-state index contributed by atoms with van der Waals surface area (Å²) in [6.07, 6.45) is 8.92. The Kier molecular flexibility index (Phi) is 8.52. The largest absolute Gasteiger partial charge is 0.322 e. The number of hydrogen-bond acceptors (Lipinski definition) is 7. The second-order valence-corrected chi connectivity index (χ2v) is 8.22. The number of unbranched alkanes of at least 4 members (excludes halogenated alkanes) is 1. The molecule has 1 aromatic heterocycles. The molecule has 0 atom stereocenters. The van der Waals surface area contributed by atoms with Crippen molar-refractivity contribution < 1.29 is 9.72 Å². The lowest BCUT2D eigenvalue weighted by Gasteiger charge is -2.17. The average Bonchev–Trinajstić information content (AvgIpc) is 3.37. The summed E-state index contributed by atoms with van der Waals surface area (Å²) in [7, 11) is 3.33. The summed E-state index contributed by atoms with van der Waals surface area (Å²) in [5.74, 6) is -0.448. The van der Waals surface area contributed by atoms with E-state index in [1.165, 1.54) is 23.9 Å². The first-order valence-corrected chi connectivity index (χ1v) is 11.3. The molecule has 0 aliphatic heterocycles. The lowest BCUT2D eigenvalue weighted by molar-refractivity contribution is -0.384. The monoisotopic (exact) mass is 479 g/mol. The molecule has 3 rings (SSSR count). The standard InChI is InChI=1S/C23H25N7O3S/c1-4-5-6-22(28(3)27-24-2)34-21-12-11-19(30(32)33)15-20(21)23(31)26-17-7-9-18(10-8-17)29-14-13-25-16-29/h6-16H,4-5H2,1-3H3,(H,26,31)/b22-6-,27-24?. The fraction of sp³-hybridized carbons (Fsp3) is 0.217. The Bertz CT molecular complexity index is 1190. The molecule has 0 bridgehead atoms. The van der Waals surface area contributed by atoms with E-state index in [2.05, 4.69) is 27.6 Å². The van der Waals surface area contributed by atoms with Crippen molar-refractivity contribution in [1.82, 2.24) is 14.6 Å². The molecule has 0 aliphatic rings. The van der Waals surface area contributed by atoms with Gasteiger partial charge in [0.1, 0.15) is 0 Å². The van der Waals surface area contributed by atoms with Gasteiger partial charge >= 0.3 is 0 Å². The van der Waals surface area contributed by atoms with Crippen molar-refractivity contribution in [2.24, 2.45) is 10.3 Å². The lowest BCUT2D eigenvalue weighted by Crippen LogP contribution is -2.14. The van der Waals surface area contributed by atoms with E-state index in [0.29, 0.717) is 10.6 Å². The lowest BCUT2D eigenvalue weighted by atomic mass is 10.1. The molecule has 0 aliphatic carbocycles. The van der Waals surface area contributed by atoms with Gasteiger partial charge in [0.25, 0.3) is 11.6 Å². The van der Waals surface area contributed by atoms with Crippen LogP contribution in [0.3, 0.4) is 0 Å². The van der Waals surface area contributed by atoms with Gasteiger partial charge in [-0.15, -0.1) is 0 Å². The number of rotatable bonds is 10. The van der Waals surface area contributed by atoms with Gasteiger partial charge in [0, 0.05) is 47.8 Å². The number of nitrogens with one attached hydrogen (secondary N) is 1. The summed E-state index contributed by atoms with van der Waals surface area (Å²) in [5.41, 5.74) is 1.49. The van der Waals surface area contributed by atoms with E-state index >= 15 is 0 Å². The highest BCUT2D eigenvalue weighted by Crippen LogP contribution is 2.34. The van der Waals surface area contributed by atoms with Crippen molar-refractivity contribution >= 4 is 29.0 Å². The quantitative estimate of drug-likeness (QED) is 0.173. The molecule has 2 aromatic carbocycles. The van der Waals surface area contributed by atoms with E-state index < -0.39 is 10.8 Å². The Labute approximate surface area is 201 Å². The average molecular weight is 480 g/mol. The zero-order valence-electron chi connectivity index (χ0n) is 19.1. The van der Waals surface area contributed by atoms with Gasteiger partial charge in [-0.3, -0.25) is 14.9 Å². The van der Waals surface area contributed by atoms with E-state index in [9.17, 15) is 14.9 Å². The number of non-ortho nitro benzene ring substituents is 1. The minimum absolute atomic E-state index is 0.161. The van der Waals surface area contributed by atoms with E-state index in [-0.39, 0.29) is 11.3 Å². The number of anilines is 1. The van der Waals surface area contributed by atoms with Crippen LogP contribution in [0.1, 0.15) is 30.1 Å². The molecular weight excluding hydrogens is 454 g/mol. The molecule has 0 unspecified atom stereocenters. The number of benzene rings is 2. The topological polar surface area (TPSA) is 118 Å². The van der Waals surface area contributed by atoms with Crippen LogP contribution in [0, 0.1) is 10.1 Å². The van der Waals surface area contributed by atoms with E-state index in [4.69, 9.17) is 0 Å². The molecule has 0 spiro atoms. The van der Waals surface area contributed by atoms with Crippen LogP contribution >= 0.6 is 11.8 Å². The zero-order chi connectivity index (χ0) is 24.5. The van der Waals surface area contributed by atoms with Gasteiger partial charge in [0.15, 0.2) is 0 Å². The van der Waals surface area contributed by atoms with Crippen LogP contribution in [0.4, 0.5) is 11.4 Å². The van der Waals surface area contributed by atoms with E-state index in [0.717, 1.165) is 23.6 Å². The number of amides is 1. The number of hydrogen-bond donors (Lipinski definition) is 1. The number of aromatic nitrogens is 2. The second-order valence-electron chi connectivity index (χ2n) is 7.15. The highest BCUT2D eigenvalue weighted by Gasteiger charge is 2.19. The minimum Gasteiger partial charge on any atom is -0.322 e. The van der Waals surface area contributed by atoms with Gasteiger partial charge < -0.3 is 9.88 Å². The van der Waals surface area contributed by atoms with Crippen LogP contribution in [0.2, 0.25) is 0 Å². The van der Waals surface area contributed by atoms with Gasteiger partial charge in [-0.05, 0) is 36.8 Å². The maximum atomic E-state index is 13.2. The number of imidazole rings is 1. The zero-order valence-corrected chi connectivity index (χ0v) is 19.9. The summed E-state index contributed by atoms with van der Waals surface area (Å²) in [5, 5.41) is 24.4. The number of nitro benzene ring substituents is 1. The van der Waals surface area contributed by atoms with Gasteiger partial charge in [0.2, 0.25) is 0 Å². The van der Waals surface area contributed by atoms with Crippen molar-refractivity contribution in [2.45, 2.75) is 24.7 Å². The highest BCUT2D eigenvalue weighted by atomic mass is 32.2. The fourth-order valence-electron chi connectivity index (χ4n) is 3.02. The second kappa shape index (κ2) is 11.8. The molecule has 10 nitrogen and oxygen atoms in total. The molecular formula is C23H25N7O3S. The maximum absolute atomic E-state index is 13.2. The predicted octanol–water partition coefficient (Wildman–Crippen LogP) is 5.70. The third-order valence-electron chi connectivity index (χ3n) is 4.71. The number of nitrogens with zero attached hydrogens (tertiary/aromatic N) is 6. The minimum atomic E-state index is -0.517. The van der Waals surface area contributed by atoms with Crippen LogP contribution in [0.5, 0.6) is 0 Å². The Balaban J connectivity index is 1.89. The number of nitro groups is 1. The Morgan fingerprint density at radius 2 is 2.06 bits per heavy atom. The molecule has 3 aromatic rings. The molecule has 0 saturated heterocycles. The Hall–Kier alpha value is -3.99. The van der Waals surface area contributed by atoms with Crippen molar-refractivity contribution in [2.75, 3.05) is 19.4 Å². The molecule has 11 heteroatoms. The molecule has 0 radical (unpaired) electrons. The SMILES string of the molecule is CCC/C=C(\Sc1ccc([N+](=O)[O-])cc1C(=O)Nc1ccc(-n2ccnc2)cc1)N(C)N=NC. The first kappa shape index (κ1) is 24.6. The van der Waals surface area contributed by atoms with E-state index in [1.54, 1.807) is 49.8 Å². The van der Waals surface area contributed by atoms with Crippen LogP contribution in [0.25, 0.3) is 5.69 Å². The Morgan fingerprint density at radius 1 is 1.29 bits per heavy atom. The number of allylic oxidation sites excluding steroid dienone is 1. The van der Waals surface area contributed by atoms with Gasteiger partial charge in [-0.2, -0.15) is 5.11 Å². The van der Waals surface area contributed by atoms with Crippen molar-refractivity contribution in [3.8, 4) is 5.69 Å². The van der Waals surface area contributed by atoms with Crippen molar-refractivity contribution in [3.63, 3.8) is 0 Å². The first-order valence-electron chi connectivity index (χ1n) is 10.5. The third-order valence-corrected chi connectivity index (χ3v) is 5.93. The molecule has 34 heavy (non-hydrogen) atoms. The Morgan fingerprint density at radius 3 is 2.68 bits per heavy atom. The molecule has 176 valence electrons. The van der Waals surface area contributed by atoms with Crippen molar-refractivity contribution in [1.29, 1.82) is 0 Å². The first-order chi connectivity index (χ1) is 16.4. The van der Waals surface area contributed by atoms with E-state index in [1.807, 2.05) is 29.0 Å². The third kappa shape index (κ3) is 6.29. The van der Waals surface area contributed by atoms with Crippen LogP contribution in [-0.2, 0) is 0 Å². The molecule has 1 N–H and O–H groups in total. The summed E-state index contributed by atoms with van der Waals surface area (Å²) in [6.45, 7) is 2.06. The maximum Gasteiger partial charge on any atom is 0.270 e. The van der Waals surface area contributed by atoms with Crippen LogP contribution in [0.15, 0.2) is 87.5 Å². The molecule has 1 amide bonds. The fourth-order valence-corrected chi connectivity index (χ4v) is 4.02. The number of carbonyl (C=O) groups excluding carboxylic acids is 1. The summed E-state index contributed by atoms with van der Waals surface area (Å²) in [6, 6.07) is 11.5. The van der Waals surface area contributed by atoms with Gasteiger partial charge in [-0.1, -0.05) is 36.4 Å². The molecule has 0 fully saturated rings. The predicted molar refractivity (Wildman–Crippen MR) is 132 cm³/mol. The van der Waals surface area contributed by atoms with Crippen LogP contribution < -0.4 is 5.32 Å². The summed E-state index contributed by atoms with van der Waals surface area (Å²) >= 11 is 1.30. The highest BCUT2D eigenvalue weighted by molar-refractivity contribution is 8.03. The molecule has 1 heterocycles. The van der Waals surface area contributed by atoms with Crippen molar-refractivity contribution in [3.05, 3.63) is 88.0 Å². The number of carbonyl (C=O) groups is 1. The van der Waals surface area contributed by atoms with Gasteiger partial charge in [0.05, 0.1) is 28.9 Å². The van der Waals surface area contributed by atoms with Crippen LogP contribution in [-0.4, -0.2) is 39.5 Å². The summed E-state index contributed by atoms with van der Waals surface area (Å²) < 4.78 is 1.84. The smallest absolute Gasteiger partial charge is 0.270 e. The van der Waals surface area contributed by atoms with Gasteiger partial charge in [-0.25, -0.2) is 9.99 Å². The molecule has 0 saturated carbocycles. The number of thioether (sulfide) groups is 1. The summed E-state index contributed by atoms with van der Waals surface area (Å²) in [4.78, 5) is 28.6. The normalized spacial score (nSPS) is 11.6.